The van der Waals surface area contributed by atoms with Crippen molar-refractivity contribution in [3.8, 4) is 0 Å². The second kappa shape index (κ2) is 6.54. The van der Waals surface area contributed by atoms with E-state index in [0.29, 0.717) is 22.4 Å². The van der Waals surface area contributed by atoms with E-state index in [2.05, 4.69) is 5.32 Å². The quantitative estimate of drug-likeness (QED) is 0.796. The molecule has 1 amide bonds. The van der Waals surface area contributed by atoms with Crippen LogP contribution in [-0.4, -0.2) is 20.3 Å². The van der Waals surface area contributed by atoms with Crippen molar-refractivity contribution >= 4 is 27.6 Å². The third-order valence-corrected chi connectivity index (χ3v) is 5.28. The number of sulfonamides is 1. The van der Waals surface area contributed by atoms with Crippen LogP contribution in [0.3, 0.4) is 0 Å². The fraction of sp³-hybridized carbons (Fsp3) is 0.222. The predicted octanol–water partition coefficient (Wildman–Crippen LogP) is 2.19. The summed E-state index contributed by atoms with van der Waals surface area (Å²) in [5, 5.41) is 7.86. The van der Waals surface area contributed by atoms with Crippen LogP contribution in [0.25, 0.3) is 0 Å². The number of nitrogens with one attached hydrogen (secondary N) is 1. The van der Waals surface area contributed by atoms with Crippen molar-refractivity contribution in [2.75, 3.05) is 5.32 Å². The van der Waals surface area contributed by atoms with Crippen molar-refractivity contribution in [3.05, 3.63) is 58.7 Å². The zero-order chi connectivity index (χ0) is 19.1. The van der Waals surface area contributed by atoms with Gasteiger partial charge in [0.05, 0.1) is 16.9 Å². The van der Waals surface area contributed by atoms with Crippen LogP contribution in [0.2, 0.25) is 0 Å². The van der Waals surface area contributed by atoms with Gasteiger partial charge in [0, 0.05) is 11.3 Å². The number of esters is 1. The van der Waals surface area contributed by atoms with Crippen LogP contribution in [0.15, 0.2) is 41.3 Å². The van der Waals surface area contributed by atoms with Gasteiger partial charge >= 0.3 is 5.97 Å². The highest BCUT2D eigenvalue weighted by atomic mass is 32.2. The number of hydrogen-bond acceptors (Lipinski definition) is 5. The van der Waals surface area contributed by atoms with Crippen LogP contribution < -0.4 is 10.5 Å². The number of nitrogens with two attached hydrogens (primary N) is 1. The summed E-state index contributed by atoms with van der Waals surface area (Å²) >= 11 is 0. The molecule has 0 unspecified atom stereocenters. The molecule has 0 saturated carbocycles. The number of anilines is 1. The summed E-state index contributed by atoms with van der Waals surface area (Å²) < 4.78 is 28.4. The van der Waals surface area contributed by atoms with Gasteiger partial charge in [-0.15, -0.1) is 0 Å². The standard InChI is InChI=1S/C18H18N2O5S/c1-10-7-12(26(19,23)24)8-15(11(10)2)20-17(21)9-16-13-5-3-4-6-14(13)18(22)25-16/h3-8,16H,9H2,1-2H3,(H,20,21)(H2,19,23,24)/t16-/m1/s1. The fourth-order valence-electron chi connectivity index (χ4n) is 2.86. The number of rotatable bonds is 4. The third kappa shape index (κ3) is 3.47. The number of aryl methyl sites for hydroxylation is 1. The topological polar surface area (TPSA) is 116 Å². The van der Waals surface area contributed by atoms with E-state index in [-0.39, 0.29) is 11.3 Å². The van der Waals surface area contributed by atoms with Gasteiger partial charge in [-0.05, 0) is 43.2 Å². The lowest BCUT2D eigenvalue weighted by Gasteiger charge is -2.15. The van der Waals surface area contributed by atoms with E-state index in [1.807, 2.05) is 0 Å². The Balaban J connectivity index is 1.82. The molecule has 0 radical (unpaired) electrons. The van der Waals surface area contributed by atoms with E-state index in [4.69, 9.17) is 9.88 Å². The lowest BCUT2D eigenvalue weighted by Crippen LogP contribution is -2.18. The third-order valence-electron chi connectivity index (χ3n) is 4.39. The number of carbonyl (C=O) groups is 2. The van der Waals surface area contributed by atoms with Crippen LogP contribution in [0.5, 0.6) is 0 Å². The average molecular weight is 374 g/mol. The Labute approximate surface area is 151 Å². The van der Waals surface area contributed by atoms with Crippen LogP contribution in [0.4, 0.5) is 5.69 Å². The largest absolute Gasteiger partial charge is 0.453 e. The summed E-state index contributed by atoms with van der Waals surface area (Å²) in [6, 6.07) is 9.68. The Hall–Kier alpha value is -2.71. The van der Waals surface area contributed by atoms with Crippen LogP contribution in [-0.2, 0) is 19.6 Å². The predicted molar refractivity (Wildman–Crippen MR) is 95.1 cm³/mol. The Morgan fingerprint density at radius 2 is 1.92 bits per heavy atom. The molecule has 0 bridgehead atoms. The summed E-state index contributed by atoms with van der Waals surface area (Å²) in [7, 11) is -3.89. The summed E-state index contributed by atoms with van der Waals surface area (Å²) in [5.74, 6) is -0.852. The van der Waals surface area contributed by atoms with E-state index in [9.17, 15) is 18.0 Å². The molecule has 1 aliphatic rings. The average Bonchev–Trinajstić information content (AvgIpc) is 2.87. The minimum Gasteiger partial charge on any atom is -0.453 e. The molecule has 1 aliphatic heterocycles. The molecule has 0 saturated heterocycles. The summed E-state index contributed by atoms with van der Waals surface area (Å²) in [6.45, 7) is 3.50. The molecule has 0 aromatic heterocycles. The molecule has 8 heteroatoms. The molecule has 1 atom stereocenters. The molecule has 26 heavy (non-hydrogen) atoms. The number of fused-ring (bicyclic) bond motifs is 1. The molecule has 136 valence electrons. The zero-order valence-corrected chi connectivity index (χ0v) is 15.1. The van der Waals surface area contributed by atoms with Gasteiger partial charge in [0.2, 0.25) is 15.9 Å². The first-order chi connectivity index (χ1) is 12.2. The molecule has 0 aliphatic carbocycles. The van der Waals surface area contributed by atoms with E-state index in [1.165, 1.54) is 12.1 Å². The number of amides is 1. The molecule has 0 fully saturated rings. The van der Waals surface area contributed by atoms with E-state index < -0.39 is 28.0 Å². The van der Waals surface area contributed by atoms with Gasteiger partial charge < -0.3 is 10.1 Å². The van der Waals surface area contributed by atoms with Gasteiger partial charge in [0.15, 0.2) is 0 Å². The second-order valence-electron chi connectivity index (χ2n) is 6.19. The number of primary sulfonamides is 1. The number of ether oxygens (including phenoxy) is 1. The second-order valence-corrected chi connectivity index (χ2v) is 7.75. The first-order valence-electron chi connectivity index (χ1n) is 7.90. The SMILES string of the molecule is Cc1cc(S(N)(=O)=O)cc(NC(=O)C[C@H]2OC(=O)c3ccccc32)c1C. The summed E-state index contributed by atoms with van der Waals surface area (Å²) in [4.78, 5) is 24.2. The van der Waals surface area contributed by atoms with E-state index >= 15 is 0 Å². The van der Waals surface area contributed by atoms with Crippen molar-refractivity contribution in [1.82, 2.24) is 0 Å². The Morgan fingerprint density at radius 3 is 2.62 bits per heavy atom. The van der Waals surface area contributed by atoms with E-state index in [0.717, 1.165) is 5.56 Å². The molecule has 2 aromatic carbocycles. The Kier molecular flexibility index (Phi) is 4.55. The van der Waals surface area contributed by atoms with Gasteiger partial charge in [-0.1, -0.05) is 18.2 Å². The molecule has 3 N–H and O–H groups in total. The monoisotopic (exact) mass is 374 g/mol. The highest BCUT2D eigenvalue weighted by Crippen LogP contribution is 2.33. The zero-order valence-electron chi connectivity index (χ0n) is 14.3. The van der Waals surface area contributed by atoms with Crippen molar-refractivity contribution in [1.29, 1.82) is 0 Å². The Bertz CT molecular complexity index is 1010. The van der Waals surface area contributed by atoms with Crippen LogP contribution in [0.1, 0.15) is 39.6 Å². The van der Waals surface area contributed by atoms with Crippen LogP contribution in [0, 0.1) is 13.8 Å². The van der Waals surface area contributed by atoms with Gasteiger partial charge in [0.1, 0.15) is 6.10 Å². The maximum atomic E-state index is 12.4. The molecule has 1 heterocycles. The molecule has 2 aromatic rings. The Morgan fingerprint density at radius 1 is 1.23 bits per heavy atom. The normalized spacial score (nSPS) is 16.1. The van der Waals surface area contributed by atoms with Crippen LogP contribution >= 0.6 is 0 Å². The fourth-order valence-corrected chi connectivity index (χ4v) is 3.48. The van der Waals surface area contributed by atoms with Gasteiger partial charge in [-0.2, -0.15) is 0 Å². The van der Waals surface area contributed by atoms with Crippen molar-refractivity contribution in [2.24, 2.45) is 5.14 Å². The molecular weight excluding hydrogens is 356 g/mol. The van der Waals surface area contributed by atoms with E-state index in [1.54, 1.807) is 38.1 Å². The number of carbonyl (C=O) groups excluding carboxylic acids is 2. The molecule has 0 spiro atoms. The first-order valence-corrected chi connectivity index (χ1v) is 9.45. The number of hydrogen-bond donors (Lipinski definition) is 2. The smallest absolute Gasteiger partial charge is 0.339 e. The summed E-state index contributed by atoms with van der Waals surface area (Å²) in [5.41, 5.74) is 2.89. The number of cyclic esters (lactones) is 1. The van der Waals surface area contributed by atoms with Gasteiger partial charge in [-0.3, -0.25) is 4.79 Å². The highest BCUT2D eigenvalue weighted by molar-refractivity contribution is 7.89. The first kappa shape index (κ1) is 18.1. The molecule has 7 nitrogen and oxygen atoms in total. The van der Waals surface area contributed by atoms with Gasteiger partial charge in [0.25, 0.3) is 0 Å². The minimum absolute atomic E-state index is 0.0686. The molecular formula is C18H18N2O5S. The van der Waals surface area contributed by atoms with Crippen molar-refractivity contribution < 1.29 is 22.7 Å². The lowest BCUT2D eigenvalue weighted by atomic mass is 10.0. The summed E-state index contributed by atoms with van der Waals surface area (Å²) in [6.07, 6.45) is -0.734. The molecule has 3 rings (SSSR count). The lowest BCUT2D eigenvalue weighted by molar-refractivity contribution is -0.118. The van der Waals surface area contributed by atoms with Crippen molar-refractivity contribution in [2.45, 2.75) is 31.3 Å². The maximum absolute atomic E-state index is 12.4. The van der Waals surface area contributed by atoms with Gasteiger partial charge in [-0.25, -0.2) is 18.4 Å². The highest BCUT2D eigenvalue weighted by Gasteiger charge is 2.32. The number of benzene rings is 2. The minimum atomic E-state index is -3.89. The van der Waals surface area contributed by atoms with Crippen molar-refractivity contribution in [3.63, 3.8) is 0 Å². The maximum Gasteiger partial charge on any atom is 0.339 e.